The Morgan fingerprint density at radius 2 is 1.76 bits per heavy atom. The minimum atomic E-state index is -0.586. The molecule has 0 aliphatic carbocycles. The molecule has 2 rings (SSSR count). The third-order valence-electron chi connectivity index (χ3n) is 3.63. The van der Waals surface area contributed by atoms with Gasteiger partial charge in [0.05, 0.1) is 17.3 Å². The van der Waals surface area contributed by atoms with Crippen molar-refractivity contribution in [2.45, 2.75) is 26.2 Å². The molecule has 0 aliphatic heterocycles. The van der Waals surface area contributed by atoms with E-state index in [4.69, 9.17) is 22.1 Å². The first-order valence-corrected chi connectivity index (χ1v) is 8.52. The molecule has 0 aromatic heterocycles. The van der Waals surface area contributed by atoms with Crippen LogP contribution < -0.4 is 15.8 Å². The maximum Gasteiger partial charge on any atom is 0.255 e. The molecule has 0 atom stereocenters. The fourth-order valence-electron chi connectivity index (χ4n) is 2.21. The lowest BCUT2D eigenvalue weighted by Crippen LogP contribution is -2.14. The zero-order valence-electron chi connectivity index (χ0n) is 14.0. The highest BCUT2D eigenvalue weighted by Crippen LogP contribution is 2.24. The van der Waals surface area contributed by atoms with Gasteiger partial charge in [-0.1, -0.05) is 31.4 Å². The molecule has 0 fully saturated rings. The molecule has 132 valence electrons. The molecule has 6 heteroatoms. The fraction of sp³-hybridized carbons (Fsp3) is 0.263. The van der Waals surface area contributed by atoms with Crippen LogP contribution in [0.5, 0.6) is 5.75 Å². The van der Waals surface area contributed by atoms with Gasteiger partial charge in [-0.3, -0.25) is 9.59 Å². The smallest absolute Gasteiger partial charge is 0.255 e. The summed E-state index contributed by atoms with van der Waals surface area (Å²) < 4.78 is 5.62. The monoisotopic (exact) mass is 360 g/mol. The van der Waals surface area contributed by atoms with Gasteiger partial charge in [-0.15, -0.1) is 0 Å². The van der Waals surface area contributed by atoms with Gasteiger partial charge in [0, 0.05) is 11.1 Å². The highest BCUT2D eigenvalue weighted by atomic mass is 35.5. The molecule has 25 heavy (non-hydrogen) atoms. The van der Waals surface area contributed by atoms with E-state index in [-0.39, 0.29) is 11.5 Å². The zero-order valence-corrected chi connectivity index (χ0v) is 14.8. The van der Waals surface area contributed by atoms with Crippen molar-refractivity contribution >= 4 is 29.1 Å². The van der Waals surface area contributed by atoms with E-state index in [0.717, 1.165) is 25.0 Å². The first-order chi connectivity index (χ1) is 12.0. The van der Waals surface area contributed by atoms with Crippen LogP contribution >= 0.6 is 11.6 Å². The van der Waals surface area contributed by atoms with Gasteiger partial charge in [0.25, 0.3) is 5.91 Å². The van der Waals surface area contributed by atoms with Gasteiger partial charge in [-0.05, 0) is 48.9 Å². The molecule has 5 nitrogen and oxygen atoms in total. The molecule has 0 spiro atoms. The van der Waals surface area contributed by atoms with Gasteiger partial charge in [-0.2, -0.15) is 0 Å². The van der Waals surface area contributed by atoms with Crippen molar-refractivity contribution in [2.24, 2.45) is 5.73 Å². The summed E-state index contributed by atoms with van der Waals surface area (Å²) >= 11 is 6.05. The van der Waals surface area contributed by atoms with Crippen molar-refractivity contribution in [2.75, 3.05) is 11.9 Å². The molecule has 2 aromatic carbocycles. The molecule has 0 heterocycles. The standard InChI is InChI=1S/C19H21ClN2O3/c1-2-3-4-11-25-15-8-5-13(6-9-15)19(24)22-17-12-14(18(21)23)7-10-16(17)20/h5-10,12H,2-4,11H2,1H3,(H2,21,23)(H,22,24). The predicted octanol–water partition coefficient (Wildman–Crippen LogP) is 4.26. The van der Waals surface area contributed by atoms with Crippen molar-refractivity contribution in [3.63, 3.8) is 0 Å². The van der Waals surface area contributed by atoms with Gasteiger partial charge in [-0.25, -0.2) is 0 Å². The second kappa shape index (κ2) is 9.08. The second-order valence-corrected chi connectivity index (χ2v) is 6.00. The van der Waals surface area contributed by atoms with Crippen molar-refractivity contribution in [1.29, 1.82) is 0 Å². The summed E-state index contributed by atoms with van der Waals surface area (Å²) in [5.41, 5.74) is 6.31. The number of unbranched alkanes of at least 4 members (excludes halogenated alkanes) is 2. The lowest BCUT2D eigenvalue weighted by Gasteiger charge is -2.10. The summed E-state index contributed by atoms with van der Waals surface area (Å²) in [6, 6.07) is 11.3. The van der Waals surface area contributed by atoms with E-state index in [1.807, 2.05) is 0 Å². The number of nitrogens with one attached hydrogen (secondary N) is 1. The number of halogens is 1. The van der Waals surface area contributed by atoms with Crippen molar-refractivity contribution in [1.82, 2.24) is 0 Å². The number of hydrogen-bond donors (Lipinski definition) is 2. The van der Waals surface area contributed by atoms with Gasteiger partial charge < -0.3 is 15.8 Å². The van der Waals surface area contributed by atoms with E-state index in [2.05, 4.69) is 12.2 Å². The van der Waals surface area contributed by atoms with Crippen molar-refractivity contribution < 1.29 is 14.3 Å². The highest BCUT2D eigenvalue weighted by Gasteiger charge is 2.11. The van der Waals surface area contributed by atoms with Gasteiger partial charge in [0.15, 0.2) is 0 Å². The summed E-state index contributed by atoms with van der Waals surface area (Å²) in [6.07, 6.45) is 3.28. The first-order valence-electron chi connectivity index (χ1n) is 8.15. The van der Waals surface area contributed by atoms with E-state index in [9.17, 15) is 9.59 Å². The Labute approximate surface area is 152 Å². The summed E-state index contributed by atoms with van der Waals surface area (Å²) in [5, 5.41) is 3.01. The number of ether oxygens (including phenoxy) is 1. The third kappa shape index (κ3) is 5.50. The number of benzene rings is 2. The molecule has 0 unspecified atom stereocenters. The topological polar surface area (TPSA) is 81.4 Å². The number of carbonyl (C=O) groups excluding carboxylic acids is 2. The average Bonchev–Trinajstić information content (AvgIpc) is 2.61. The summed E-state index contributed by atoms with van der Waals surface area (Å²) in [7, 11) is 0. The van der Waals surface area contributed by atoms with Crippen LogP contribution in [-0.2, 0) is 0 Å². The normalized spacial score (nSPS) is 10.3. The van der Waals surface area contributed by atoms with Gasteiger partial charge >= 0.3 is 0 Å². The van der Waals surface area contributed by atoms with Crippen molar-refractivity contribution in [3.05, 3.63) is 58.6 Å². The zero-order chi connectivity index (χ0) is 18.2. The third-order valence-corrected chi connectivity index (χ3v) is 3.96. The number of amides is 2. The number of nitrogens with two attached hydrogens (primary N) is 1. The minimum Gasteiger partial charge on any atom is -0.494 e. The van der Waals surface area contributed by atoms with E-state index >= 15 is 0 Å². The molecule has 0 saturated heterocycles. The van der Waals surface area contributed by atoms with Gasteiger partial charge in [0.1, 0.15) is 5.75 Å². The van der Waals surface area contributed by atoms with Crippen LogP contribution in [0, 0.1) is 0 Å². The highest BCUT2D eigenvalue weighted by molar-refractivity contribution is 6.34. The molecule has 0 aliphatic rings. The fourth-order valence-corrected chi connectivity index (χ4v) is 2.38. The van der Waals surface area contributed by atoms with E-state index < -0.39 is 5.91 Å². The van der Waals surface area contributed by atoms with Crippen molar-refractivity contribution in [3.8, 4) is 5.75 Å². The molecule has 0 radical (unpaired) electrons. The van der Waals surface area contributed by atoms with E-state index in [1.54, 1.807) is 24.3 Å². The Bertz CT molecular complexity index is 745. The summed E-state index contributed by atoms with van der Waals surface area (Å²) in [4.78, 5) is 23.6. The van der Waals surface area contributed by atoms with Crippen LogP contribution in [0.4, 0.5) is 5.69 Å². The Hall–Kier alpha value is -2.53. The van der Waals surface area contributed by atoms with Gasteiger partial charge in [0.2, 0.25) is 5.91 Å². The lowest BCUT2D eigenvalue weighted by atomic mass is 10.1. The minimum absolute atomic E-state index is 0.274. The maximum absolute atomic E-state index is 12.3. The van der Waals surface area contributed by atoms with Crippen LogP contribution in [0.1, 0.15) is 46.9 Å². The van der Waals surface area contributed by atoms with Crippen LogP contribution in [0.25, 0.3) is 0 Å². The Morgan fingerprint density at radius 3 is 2.40 bits per heavy atom. The summed E-state index contributed by atoms with van der Waals surface area (Å²) in [5.74, 6) is -0.195. The lowest BCUT2D eigenvalue weighted by molar-refractivity contribution is 0.0996. The number of carbonyl (C=O) groups is 2. The largest absolute Gasteiger partial charge is 0.494 e. The maximum atomic E-state index is 12.3. The molecule has 2 aromatic rings. The average molecular weight is 361 g/mol. The number of hydrogen-bond acceptors (Lipinski definition) is 3. The second-order valence-electron chi connectivity index (χ2n) is 5.59. The molecule has 0 bridgehead atoms. The Balaban J connectivity index is 2.01. The Kier molecular flexibility index (Phi) is 6.83. The van der Waals surface area contributed by atoms with E-state index in [0.29, 0.717) is 22.9 Å². The first kappa shape index (κ1) is 18.8. The Morgan fingerprint density at radius 1 is 1.08 bits per heavy atom. The molecular formula is C19H21ClN2O3. The molecule has 3 N–H and O–H groups in total. The molecular weight excluding hydrogens is 340 g/mol. The molecule has 0 saturated carbocycles. The number of primary amides is 1. The van der Waals surface area contributed by atoms with E-state index in [1.165, 1.54) is 18.2 Å². The molecule has 2 amide bonds. The van der Waals surface area contributed by atoms with Crippen LogP contribution in [-0.4, -0.2) is 18.4 Å². The van der Waals surface area contributed by atoms with Crippen LogP contribution in [0.2, 0.25) is 5.02 Å². The van der Waals surface area contributed by atoms with Crippen LogP contribution in [0.15, 0.2) is 42.5 Å². The SMILES string of the molecule is CCCCCOc1ccc(C(=O)Nc2cc(C(N)=O)ccc2Cl)cc1. The summed E-state index contributed by atoms with van der Waals surface area (Å²) in [6.45, 7) is 2.80. The number of anilines is 1. The number of rotatable bonds is 8. The van der Waals surface area contributed by atoms with Crippen LogP contribution in [0.3, 0.4) is 0 Å². The predicted molar refractivity (Wildman–Crippen MR) is 99.4 cm³/mol. The quantitative estimate of drug-likeness (QED) is 0.690.